The Morgan fingerprint density at radius 3 is 2.00 bits per heavy atom. The quantitative estimate of drug-likeness (QED) is 0.682. The van der Waals surface area contributed by atoms with Crippen LogP contribution < -0.4 is 16.0 Å². The highest BCUT2D eigenvalue weighted by Crippen LogP contribution is 2.33. The molecule has 5 nitrogen and oxygen atoms in total. The number of hydrogen-bond acceptors (Lipinski definition) is 3. The van der Waals surface area contributed by atoms with Gasteiger partial charge in [-0.15, -0.1) is 12.4 Å². The highest BCUT2D eigenvalue weighted by Gasteiger charge is 2.43. The lowest BCUT2D eigenvalue weighted by molar-refractivity contribution is -0.129. The number of benzene rings is 2. The molecular weight excluding hydrogens is 386 g/mol. The SMILES string of the molecule is Cc1ccc(C)c(NC(=O)CC2(C(=O)Nc3cc(C)ccc3C)CCNC2)c1.Cl. The van der Waals surface area contributed by atoms with Crippen molar-refractivity contribution in [2.75, 3.05) is 23.7 Å². The summed E-state index contributed by atoms with van der Waals surface area (Å²) < 4.78 is 0. The lowest BCUT2D eigenvalue weighted by Gasteiger charge is -2.27. The molecule has 0 bridgehead atoms. The van der Waals surface area contributed by atoms with E-state index in [1.807, 2.05) is 64.1 Å². The summed E-state index contributed by atoms with van der Waals surface area (Å²) >= 11 is 0. The first-order chi connectivity index (χ1) is 13.3. The minimum Gasteiger partial charge on any atom is -0.326 e. The number of anilines is 2. The predicted octanol–water partition coefficient (Wildman–Crippen LogP) is 4.29. The molecule has 0 spiro atoms. The van der Waals surface area contributed by atoms with Crippen molar-refractivity contribution in [1.29, 1.82) is 0 Å². The van der Waals surface area contributed by atoms with Crippen LogP contribution in [-0.2, 0) is 9.59 Å². The monoisotopic (exact) mass is 415 g/mol. The third-order valence-corrected chi connectivity index (χ3v) is 5.53. The third-order valence-electron chi connectivity index (χ3n) is 5.53. The molecular formula is C23H30ClN3O2. The zero-order chi connectivity index (χ0) is 20.3. The Morgan fingerprint density at radius 2 is 1.48 bits per heavy atom. The van der Waals surface area contributed by atoms with Crippen molar-refractivity contribution in [3.05, 3.63) is 58.7 Å². The number of carbonyl (C=O) groups is 2. The average Bonchev–Trinajstić information content (AvgIpc) is 3.11. The maximum Gasteiger partial charge on any atom is 0.232 e. The maximum atomic E-state index is 13.2. The molecule has 6 heteroatoms. The summed E-state index contributed by atoms with van der Waals surface area (Å²) in [5.41, 5.74) is 5.08. The van der Waals surface area contributed by atoms with Crippen molar-refractivity contribution in [1.82, 2.24) is 5.32 Å². The highest BCUT2D eigenvalue weighted by molar-refractivity contribution is 6.01. The molecule has 1 aliphatic rings. The topological polar surface area (TPSA) is 70.2 Å². The van der Waals surface area contributed by atoms with Crippen LogP contribution in [0.2, 0.25) is 0 Å². The fraction of sp³-hybridized carbons (Fsp3) is 0.391. The van der Waals surface area contributed by atoms with Crippen molar-refractivity contribution >= 4 is 35.6 Å². The Hall–Kier alpha value is -2.37. The Labute approximate surface area is 179 Å². The van der Waals surface area contributed by atoms with Crippen LogP contribution in [0, 0.1) is 33.1 Å². The fourth-order valence-corrected chi connectivity index (χ4v) is 3.67. The summed E-state index contributed by atoms with van der Waals surface area (Å²) in [5.74, 6) is -0.226. The van der Waals surface area contributed by atoms with Crippen LogP contribution in [0.25, 0.3) is 0 Å². The second-order valence-corrected chi connectivity index (χ2v) is 8.02. The summed E-state index contributed by atoms with van der Waals surface area (Å²) in [6.45, 7) is 9.17. The number of aryl methyl sites for hydroxylation is 4. The van der Waals surface area contributed by atoms with Gasteiger partial charge in [0.25, 0.3) is 0 Å². The molecule has 3 rings (SSSR count). The van der Waals surface area contributed by atoms with E-state index in [-0.39, 0.29) is 30.6 Å². The average molecular weight is 416 g/mol. The van der Waals surface area contributed by atoms with Gasteiger partial charge in [0.2, 0.25) is 11.8 Å². The number of hydrogen-bond donors (Lipinski definition) is 3. The normalized spacial score (nSPS) is 18.1. The van der Waals surface area contributed by atoms with Crippen molar-refractivity contribution in [2.45, 2.75) is 40.5 Å². The standard InChI is InChI=1S/C23H29N3O2.ClH/c1-15-5-7-17(3)19(11-15)25-21(27)13-23(9-10-24-14-23)22(28)26-20-12-16(2)6-8-18(20)4;/h5-8,11-12,24H,9-10,13-14H2,1-4H3,(H,25,27)(H,26,28);1H. The summed E-state index contributed by atoms with van der Waals surface area (Å²) in [6, 6.07) is 12.0. The predicted molar refractivity (Wildman–Crippen MR) is 121 cm³/mol. The zero-order valence-electron chi connectivity index (χ0n) is 17.5. The van der Waals surface area contributed by atoms with Gasteiger partial charge in [-0.3, -0.25) is 9.59 Å². The van der Waals surface area contributed by atoms with E-state index in [1.165, 1.54) is 0 Å². The van der Waals surface area contributed by atoms with Gasteiger partial charge in [0, 0.05) is 24.3 Å². The van der Waals surface area contributed by atoms with Gasteiger partial charge in [-0.05, 0) is 75.0 Å². The van der Waals surface area contributed by atoms with E-state index in [9.17, 15) is 9.59 Å². The first kappa shape index (κ1) is 22.9. The first-order valence-electron chi connectivity index (χ1n) is 9.76. The molecule has 2 aromatic rings. The van der Waals surface area contributed by atoms with Crippen LogP contribution in [0.4, 0.5) is 11.4 Å². The van der Waals surface area contributed by atoms with Gasteiger partial charge in [-0.1, -0.05) is 24.3 Å². The maximum absolute atomic E-state index is 13.2. The molecule has 1 aliphatic heterocycles. The number of carbonyl (C=O) groups excluding carboxylic acids is 2. The first-order valence-corrected chi connectivity index (χ1v) is 9.76. The molecule has 1 heterocycles. The second kappa shape index (κ2) is 9.42. The van der Waals surface area contributed by atoms with E-state index in [0.29, 0.717) is 13.0 Å². The molecule has 0 aliphatic carbocycles. The largest absolute Gasteiger partial charge is 0.326 e. The molecule has 0 radical (unpaired) electrons. The van der Waals surface area contributed by atoms with E-state index in [1.54, 1.807) is 0 Å². The number of halogens is 1. The Balaban J connectivity index is 0.00000300. The van der Waals surface area contributed by atoms with Crippen molar-refractivity contribution < 1.29 is 9.59 Å². The van der Waals surface area contributed by atoms with Crippen LogP contribution >= 0.6 is 12.4 Å². The number of nitrogens with one attached hydrogen (secondary N) is 3. The number of rotatable bonds is 5. The van der Waals surface area contributed by atoms with Gasteiger partial charge in [0.1, 0.15) is 0 Å². The Kier molecular flexibility index (Phi) is 7.44. The van der Waals surface area contributed by atoms with E-state index in [4.69, 9.17) is 0 Å². The van der Waals surface area contributed by atoms with Gasteiger partial charge < -0.3 is 16.0 Å². The molecule has 2 amide bonds. The molecule has 0 aromatic heterocycles. The lowest BCUT2D eigenvalue weighted by atomic mass is 9.82. The van der Waals surface area contributed by atoms with Crippen LogP contribution in [0.3, 0.4) is 0 Å². The summed E-state index contributed by atoms with van der Waals surface area (Å²) in [7, 11) is 0. The lowest BCUT2D eigenvalue weighted by Crippen LogP contribution is -2.41. The molecule has 3 N–H and O–H groups in total. The molecule has 29 heavy (non-hydrogen) atoms. The smallest absolute Gasteiger partial charge is 0.232 e. The van der Waals surface area contributed by atoms with Crippen LogP contribution in [0.15, 0.2) is 36.4 Å². The van der Waals surface area contributed by atoms with Gasteiger partial charge >= 0.3 is 0 Å². The van der Waals surface area contributed by atoms with Gasteiger partial charge in [0.15, 0.2) is 0 Å². The third kappa shape index (κ3) is 5.37. The van der Waals surface area contributed by atoms with Gasteiger partial charge in [-0.25, -0.2) is 0 Å². The van der Waals surface area contributed by atoms with Crippen LogP contribution in [0.1, 0.15) is 35.1 Å². The molecule has 2 aromatic carbocycles. The minimum absolute atomic E-state index is 0. The molecule has 1 unspecified atom stereocenters. The summed E-state index contributed by atoms with van der Waals surface area (Å²) in [5, 5.41) is 9.31. The van der Waals surface area contributed by atoms with Crippen LogP contribution in [0.5, 0.6) is 0 Å². The highest BCUT2D eigenvalue weighted by atomic mass is 35.5. The van der Waals surface area contributed by atoms with Crippen molar-refractivity contribution in [3.63, 3.8) is 0 Å². The minimum atomic E-state index is -0.738. The summed E-state index contributed by atoms with van der Waals surface area (Å²) in [4.78, 5) is 26.0. The van der Waals surface area contributed by atoms with Gasteiger partial charge in [-0.2, -0.15) is 0 Å². The Bertz CT molecular complexity index is 905. The number of amides is 2. The van der Waals surface area contributed by atoms with E-state index in [2.05, 4.69) is 16.0 Å². The molecule has 156 valence electrons. The van der Waals surface area contributed by atoms with Gasteiger partial charge in [0.05, 0.1) is 5.41 Å². The van der Waals surface area contributed by atoms with Crippen molar-refractivity contribution in [2.24, 2.45) is 5.41 Å². The molecule has 1 atom stereocenters. The van der Waals surface area contributed by atoms with Crippen molar-refractivity contribution in [3.8, 4) is 0 Å². The Morgan fingerprint density at radius 1 is 0.931 bits per heavy atom. The summed E-state index contributed by atoms with van der Waals surface area (Å²) in [6.07, 6.45) is 0.800. The molecule has 0 saturated carbocycles. The second-order valence-electron chi connectivity index (χ2n) is 8.02. The van der Waals surface area contributed by atoms with E-state index >= 15 is 0 Å². The fourth-order valence-electron chi connectivity index (χ4n) is 3.67. The zero-order valence-corrected chi connectivity index (χ0v) is 18.3. The molecule has 1 saturated heterocycles. The van der Waals surface area contributed by atoms with Crippen LogP contribution in [-0.4, -0.2) is 24.9 Å². The van der Waals surface area contributed by atoms with E-state index < -0.39 is 5.41 Å². The molecule has 1 fully saturated rings. The van der Waals surface area contributed by atoms with E-state index in [0.717, 1.165) is 40.2 Å².